The second-order valence-corrected chi connectivity index (χ2v) is 5.52. The van der Waals surface area contributed by atoms with Crippen molar-refractivity contribution in [2.75, 3.05) is 13.2 Å². The molecule has 0 bridgehead atoms. The normalized spacial score (nSPS) is 22.1. The van der Waals surface area contributed by atoms with Crippen LogP contribution >= 0.6 is 0 Å². The number of rotatable bonds is 6. The van der Waals surface area contributed by atoms with Crippen molar-refractivity contribution < 1.29 is 9.66 Å². The highest BCUT2D eigenvalue weighted by Gasteiger charge is 2.26. The number of nitrogens with two attached hydrogens (primary N) is 1. The summed E-state index contributed by atoms with van der Waals surface area (Å²) in [5, 5.41) is 10.9. The van der Waals surface area contributed by atoms with Crippen LogP contribution in [0.5, 0.6) is 0 Å². The Kier molecular flexibility index (Phi) is 5.09. The smallest absolute Gasteiger partial charge is 0.272 e. The van der Waals surface area contributed by atoms with E-state index in [1.54, 1.807) is 13.0 Å². The Morgan fingerprint density at radius 1 is 1.40 bits per heavy atom. The molecule has 0 aliphatic heterocycles. The molecule has 20 heavy (non-hydrogen) atoms. The highest BCUT2D eigenvalue weighted by molar-refractivity contribution is 5.44. The van der Waals surface area contributed by atoms with Crippen LogP contribution in [-0.2, 0) is 11.3 Å². The second kappa shape index (κ2) is 6.81. The van der Waals surface area contributed by atoms with Crippen molar-refractivity contribution in [2.24, 2.45) is 17.6 Å². The van der Waals surface area contributed by atoms with Gasteiger partial charge in [0.05, 0.1) is 18.1 Å². The van der Waals surface area contributed by atoms with Gasteiger partial charge in [0.25, 0.3) is 5.69 Å². The van der Waals surface area contributed by atoms with Gasteiger partial charge < -0.3 is 10.5 Å². The van der Waals surface area contributed by atoms with Gasteiger partial charge in [0.15, 0.2) is 0 Å². The summed E-state index contributed by atoms with van der Waals surface area (Å²) in [6.07, 6.45) is 3.60. The third-order valence-electron chi connectivity index (χ3n) is 4.32. The molecule has 1 aromatic rings. The van der Waals surface area contributed by atoms with E-state index >= 15 is 0 Å². The SMILES string of the molecule is Cc1c(COCC2CCCC2CN)cccc1[N+](=O)[O-]. The standard InChI is InChI=1S/C15H22N2O3/c1-11-13(5-3-7-15(11)17(18)19)9-20-10-14-6-2-4-12(14)8-16/h3,5,7,12,14H,2,4,6,8-10,16H2,1H3. The molecule has 2 atom stereocenters. The Labute approximate surface area is 119 Å². The molecule has 0 spiro atoms. The summed E-state index contributed by atoms with van der Waals surface area (Å²) < 4.78 is 5.77. The number of nitrogens with zero attached hydrogens (tertiary/aromatic N) is 1. The van der Waals surface area contributed by atoms with E-state index < -0.39 is 0 Å². The lowest BCUT2D eigenvalue weighted by Crippen LogP contribution is -2.22. The van der Waals surface area contributed by atoms with Crippen molar-refractivity contribution >= 4 is 5.69 Å². The summed E-state index contributed by atoms with van der Waals surface area (Å²) in [7, 11) is 0. The Bertz CT molecular complexity index is 476. The Morgan fingerprint density at radius 2 is 2.15 bits per heavy atom. The van der Waals surface area contributed by atoms with Gasteiger partial charge in [0.1, 0.15) is 0 Å². The molecule has 110 valence electrons. The van der Waals surface area contributed by atoms with E-state index in [2.05, 4.69) is 0 Å². The molecule has 1 fully saturated rings. The summed E-state index contributed by atoms with van der Waals surface area (Å²) in [6.45, 7) is 3.63. The fourth-order valence-electron chi connectivity index (χ4n) is 2.99. The van der Waals surface area contributed by atoms with E-state index in [1.165, 1.54) is 25.3 Å². The zero-order chi connectivity index (χ0) is 14.5. The van der Waals surface area contributed by atoms with Gasteiger partial charge in [0, 0.05) is 11.6 Å². The fraction of sp³-hybridized carbons (Fsp3) is 0.600. The minimum atomic E-state index is -0.347. The van der Waals surface area contributed by atoms with Crippen molar-refractivity contribution in [3.05, 3.63) is 39.4 Å². The Morgan fingerprint density at radius 3 is 2.85 bits per heavy atom. The summed E-state index contributed by atoms with van der Waals surface area (Å²) in [4.78, 5) is 10.5. The minimum absolute atomic E-state index is 0.159. The predicted molar refractivity (Wildman–Crippen MR) is 77.4 cm³/mol. The third-order valence-corrected chi connectivity index (χ3v) is 4.32. The van der Waals surface area contributed by atoms with Crippen LogP contribution in [0.3, 0.4) is 0 Å². The van der Waals surface area contributed by atoms with Gasteiger partial charge in [-0.1, -0.05) is 18.6 Å². The fourth-order valence-corrected chi connectivity index (χ4v) is 2.99. The van der Waals surface area contributed by atoms with Crippen LogP contribution in [0.4, 0.5) is 5.69 Å². The highest BCUT2D eigenvalue weighted by Crippen LogP contribution is 2.31. The lowest BCUT2D eigenvalue weighted by molar-refractivity contribution is -0.385. The van der Waals surface area contributed by atoms with E-state index in [9.17, 15) is 10.1 Å². The largest absolute Gasteiger partial charge is 0.376 e. The van der Waals surface area contributed by atoms with Gasteiger partial charge in [-0.05, 0) is 43.7 Å². The minimum Gasteiger partial charge on any atom is -0.376 e. The number of ether oxygens (including phenoxy) is 1. The van der Waals surface area contributed by atoms with Gasteiger partial charge in [-0.25, -0.2) is 0 Å². The topological polar surface area (TPSA) is 78.4 Å². The van der Waals surface area contributed by atoms with Crippen LogP contribution < -0.4 is 5.73 Å². The van der Waals surface area contributed by atoms with E-state index in [4.69, 9.17) is 10.5 Å². The summed E-state index contributed by atoms with van der Waals surface area (Å²) in [6, 6.07) is 5.12. The number of benzene rings is 1. The van der Waals surface area contributed by atoms with Gasteiger partial charge in [-0.2, -0.15) is 0 Å². The number of nitro groups is 1. The van der Waals surface area contributed by atoms with Gasteiger partial charge in [-0.15, -0.1) is 0 Å². The molecular weight excluding hydrogens is 256 g/mol. The first-order valence-electron chi connectivity index (χ1n) is 7.14. The lowest BCUT2D eigenvalue weighted by atomic mass is 9.97. The molecular formula is C15H22N2O3. The first kappa shape index (κ1) is 14.9. The Balaban J connectivity index is 1.91. The van der Waals surface area contributed by atoms with Gasteiger partial charge in [0.2, 0.25) is 0 Å². The summed E-state index contributed by atoms with van der Waals surface area (Å²) >= 11 is 0. The molecule has 0 heterocycles. The maximum Gasteiger partial charge on any atom is 0.272 e. The molecule has 0 saturated heterocycles. The quantitative estimate of drug-likeness (QED) is 0.641. The zero-order valence-corrected chi connectivity index (χ0v) is 11.9. The average Bonchev–Trinajstić information content (AvgIpc) is 2.88. The second-order valence-electron chi connectivity index (χ2n) is 5.52. The predicted octanol–water partition coefficient (Wildman–Crippen LogP) is 2.79. The molecule has 2 N–H and O–H groups in total. The molecule has 0 amide bonds. The molecule has 5 heteroatoms. The molecule has 2 rings (SSSR count). The molecule has 0 radical (unpaired) electrons. The van der Waals surface area contributed by atoms with Crippen LogP contribution in [-0.4, -0.2) is 18.1 Å². The number of hydrogen-bond donors (Lipinski definition) is 1. The van der Waals surface area contributed by atoms with Crippen LogP contribution in [0, 0.1) is 28.9 Å². The molecule has 0 aromatic heterocycles. The lowest BCUT2D eigenvalue weighted by Gasteiger charge is -2.18. The summed E-state index contributed by atoms with van der Waals surface area (Å²) in [5.74, 6) is 1.11. The van der Waals surface area contributed by atoms with Crippen LogP contribution in [0.2, 0.25) is 0 Å². The first-order chi connectivity index (χ1) is 9.63. The molecule has 1 saturated carbocycles. The summed E-state index contributed by atoms with van der Waals surface area (Å²) in [5.41, 5.74) is 7.50. The molecule has 1 aliphatic carbocycles. The maximum absolute atomic E-state index is 10.9. The Hall–Kier alpha value is -1.46. The van der Waals surface area contributed by atoms with Crippen molar-refractivity contribution in [3.63, 3.8) is 0 Å². The molecule has 2 unspecified atom stereocenters. The third kappa shape index (κ3) is 3.35. The average molecular weight is 278 g/mol. The van der Waals surface area contributed by atoms with Crippen LogP contribution in [0.25, 0.3) is 0 Å². The monoisotopic (exact) mass is 278 g/mol. The van der Waals surface area contributed by atoms with Crippen molar-refractivity contribution in [3.8, 4) is 0 Å². The highest BCUT2D eigenvalue weighted by atomic mass is 16.6. The first-order valence-corrected chi connectivity index (χ1v) is 7.14. The van der Waals surface area contributed by atoms with Crippen molar-refractivity contribution in [2.45, 2.75) is 32.8 Å². The molecule has 1 aliphatic rings. The molecule has 1 aromatic carbocycles. The molecule has 5 nitrogen and oxygen atoms in total. The maximum atomic E-state index is 10.9. The van der Waals surface area contributed by atoms with Crippen molar-refractivity contribution in [1.29, 1.82) is 0 Å². The van der Waals surface area contributed by atoms with E-state index in [1.807, 2.05) is 6.07 Å². The van der Waals surface area contributed by atoms with Gasteiger partial charge in [-0.3, -0.25) is 10.1 Å². The number of nitro benzene ring substituents is 1. The zero-order valence-electron chi connectivity index (χ0n) is 11.9. The van der Waals surface area contributed by atoms with E-state index in [-0.39, 0.29) is 10.6 Å². The van der Waals surface area contributed by atoms with Crippen molar-refractivity contribution in [1.82, 2.24) is 0 Å². The number of hydrogen-bond acceptors (Lipinski definition) is 4. The van der Waals surface area contributed by atoms with Crippen LogP contribution in [0.15, 0.2) is 18.2 Å². The van der Waals surface area contributed by atoms with E-state index in [0.29, 0.717) is 30.6 Å². The van der Waals surface area contributed by atoms with Gasteiger partial charge >= 0.3 is 0 Å². The van der Waals surface area contributed by atoms with Crippen LogP contribution in [0.1, 0.15) is 30.4 Å². The van der Waals surface area contributed by atoms with E-state index in [0.717, 1.165) is 12.1 Å².